The summed E-state index contributed by atoms with van der Waals surface area (Å²) in [7, 11) is 1.54. The Morgan fingerprint density at radius 1 is 1.07 bits per heavy atom. The molecule has 5 rings (SSSR count). The van der Waals surface area contributed by atoms with Crippen LogP contribution in [0.25, 0.3) is 6.08 Å². The second-order valence-corrected chi connectivity index (χ2v) is 11.3. The zero-order chi connectivity index (χ0) is 31.4. The molecule has 0 bridgehead atoms. The SMILES string of the molecule is CCOC(=O)C1=C(C)N=c2s/c(=C\c3cccc(OC)c3OCc3ccc(F)cc3)c(=O)n2[C@@H]1c1ccccc1OC(C)C. The quantitative estimate of drug-likeness (QED) is 0.225. The topological polar surface area (TPSA) is 88.4 Å². The first-order valence-electron chi connectivity index (χ1n) is 14.2. The number of methoxy groups -OCH3 is 1. The second-order valence-electron chi connectivity index (χ2n) is 10.3. The summed E-state index contributed by atoms with van der Waals surface area (Å²) in [5.74, 6) is 0.590. The van der Waals surface area contributed by atoms with Crippen molar-refractivity contribution in [1.82, 2.24) is 4.57 Å². The summed E-state index contributed by atoms with van der Waals surface area (Å²) in [6.45, 7) is 7.65. The number of ether oxygens (including phenoxy) is 4. The Morgan fingerprint density at radius 3 is 2.50 bits per heavy atom. The number of thiazole rings is 1. The first kappa shape index (κ1) is 30.7. The number of para-hydroxylation sites is 2. The summed E-state index contributed by atoms with van der Waals surface area (Å²) in [5, 5.41) is 0. The Balaban J connectivity index is 1.66. The third-order valence-corrected chi connectivity index (χ3v) is 7.89. The number of nitrogens with zero attached hydrogens (tertiary/aromatic N) is 2. The van der Waals surface area contributed by atoms with Crippen LogP contribution in [-0.2, 0) is 16.1 Å². The standard InChI is InChI=1S/C34H33FN2O6S/c1-6-41-33(39)29-21(4)36-34-37(30(29)25-11-7-8-12-26(25)43-20(2)3)32(38)28(44-34)18-23-10-9-13-27(40-5)31(23)42-19-22-14-16-24(35)17-15-22/h7-18,20,30H,6,19H2,1-5H3/b28-18-/t30-/m1/s1. The van der Waals surface area contributed by atoms with Gasteiger partial charge in [0, 0.05) is 11.1 Å². The van der Waals surface area contributed by atoms with Gasteiger partial charge in [-0.2, -0.15) is 0 Å². The molecule has 228 valence electrons. The molecule has 0 saturated heterocycles. The van der Waals surface area contributed by atoms with Crippen molar-refractivity contribution in [3.8, 4) is 17.2 Å². The molecule has 0 fully saturated rings. The van der Waals surface area contributed by atoms with Crippen LogP contribution in [0, 0.1) is 5.82 Å². The Morgan fingerprint density at radius 2 is 1.80 bits per heavy atom. The van der Waals surface area contributed by atoms with Crippen molar-refractivity contribution < 1.29 is 28.1 Å². The fraction of sp³-hybridized carbons (Fsp3) is 0.265. The summed E-state index contributed by atoms with van der Waals surface area (Å²) >= 11 is 1.21. The highest BCUT2D eigenvalue weighted by Gasteiger charge is 2.35. The Kier molecular flexibility index (Phi) is 9.29. The monoisotopic (exact) mass is 616 g/mol. The number of hydrogen-bond acceptors (Lipinski definition) is 8. The van der Waals surface area contributed by atoms with E-state index >= 15 is 0 Å². The molecule has 0 N–H and O–H groups in total. The molecule has 44 heavy (non-hydrogen) atoms. The molecule has 0 amide bonds. The number of benzene rings is 3. The van der Waals surface area contributed by atoms with Gasteiger partial charge in [-0.3, -0.25) is 9.36 Å². The van der Waals surface area contributed by atoms with Gasteiger partial charge >= 0.3 is 5.97 Å². The lowest BCUT2D eigenvalue weighted by molar-refractivity contribution is -0.139. The molecule has 1 aromatic heterocycles. The van der Waals surface area contributed by atoms with Crippen LogP contribution in [0.5, 0.6) is 17.2 Å². The van der Waals surface area contributed by atoms with Crippen LogP contribution in [0.3, 0.4) is 0 Å². The Labute approximate surface area is 258 Å². The Hall–Kier alpha value is -4.70. The first-order valence-corrected chi connectivity index (χ1v) is 15.0. The van der Waals surface area contributed by atoms with E-state index in [4.69, 9.17) is 18.9 Å². The summed E-state index contributed by atoms with van der Waals surface area (Å²) < 4.78 is 38.6. The first-order chi connectivity index (χ1) is 21.2. The molecule has 2 heterocycles. The molecular weight excluding hydrogens is 583 g/mol. The molecule has 0 unspecified atom stereocenters. The van der Waals surface area contributed by atoms with Crippen LogP contribution in [0.2, 0.25) is 0 Å². The number of esters is 1. The lowest BCUT2D eigenvalue weighted by atomic mass is 9.95. The number of halogens is 1. The van der Waals surface area contributed by atoms with E-state index in [-0.39, 0.29) is 36.3 Å². The number of rotatable bonds is 10. The van der Waals surface area contributed by atoms with Gasteiger partial charge in [-0.05, 0) is 63.6 Å². The van der Waals surface area contributed by atoms with Crippen molar-refractivity contribution in [1.29, 1.82) is 0 Å². The molecule has 0 saturated carbocycles. The van der Waals surface area contributed by atoms with Crippen molar-refractivity contribution in [2.45, 2.75) is 46.4 Å². The third kappa shape index (κ3) is 6.30. The molecule has 10 heteroatoms. The van der Waals surface area contributed by atoms with Crippen molar-refractivity contribution in [3.05, 3.63) is 120 Å². The number of hydrogen-bond donors (Lipinski definition) is 0. The van der Waals surface area contributed by atoms with E-state index in [2.05, 4.69) is 4.99 Å². The van der Waals surface area contributed by atoms with Crippen LogP contribution in [0.15, 0.2) is 87.8 Å². The largest absolute Gasteiger partial charge is 0.493 e. The van der Waals surface area contributed by atoms with Crippen LogP contribution in [-0.4, -0.2) is 30.4 Å². The summed E-state index contributed by atoms with van der Waals surface area (Å²) in [6, 6.07) is 18.0. The molecular formula is C34H33FN2O6S. The molecule has 1 aliphatic heterocycles. The highest BCUT2D eigenvalue weighted by molar-refractivity contribution is 7.07. The molecule has 0 aliphatic carbocycles. The predicted octanol–water partition coefficient (Wildman–Crippen LogP) is 5.31. The highest BCUT2D eigenvalue weighted by Crippen LogP contribution is 2.36. The zero-order valence-corrected chi connectivity index (χ0v) is 25.9. The summed E-state index contributed by atoms with van der Waals surface area (Å²) in [4.78, 5) is 32.6. The van der Waals surface area contributed by atoms with Gasteiger partial charge in [-0.1, -0.05) is 53.8 Å². The van der Waals surface area contributed by atoms with E-state index in [0.717, 1.165) is 5.56 Å². The molecule has 3 aromatic carbocycles. The molecule has 4 aromatic rings. The van der Waals surface area contributed by atoms with Gasteiger partial charge in [0.15, 0.2) is 16.3 Å². The van der Waals surface area contributed by atoms with Gasteiger partial charge in [0.1, 0.15) is 24.2 Å². The summed E-state index contributed by atoms with van der Waals surface area (Å²) in [6.07, 6.45) is 1.59. The van der Waals surface area contributed by atoms with Crippen molar-refractivity contribution in [2.75, 3.05) is 13.7 Å². The fourth-order valence-corrected chi connectivity index (χ4v) is 6.03. The van der Waals surface area contributed by atoms with Crippen molar-refractivity contribution >= 4 is 23.4 Å². The van der Waals surface area contributed by atoms with Gasteiger partial charge in [-0.25, -0.2) is 14.2 Å². The third-order valence-electron chi connectivity index (χ3n) is 6.91. The number of carbonyl (C=O) groups excluding carboxylic acids is 1. The van der Waals surface area contributed by atoms with Crippen LogP contribution in [0.4, 0.5) is 4.39 Å². The van der Waals surface area contributed by atoms with E-state index < -0.39 is 12.0 Å². The number of fused-ring (bicyclic) bond motifs is 1. The Bertz CT molecular complexity index is 1890. The average molecular weight is 617 g/mol. The number of aromatic nitrogens is 1. The van der Waals surface area contributed by atoms with Crippen molar-refractivity contribution in [2.24, 2.45) is 4.99 Å². The van der Waals surface area contributed by atoms with Gasteiger partial charge in [0.05, 0.1) is 35.6 Å². The lowest BCUT2D eigenvalue weighted by Gasteiger charge is -2.26. The molecule has 0 radical (unpaired) electrons. The molecule has 0 spiro atoms. The van der Waals surface area contributed by atoms with Gasteiger partial charge < -0.3 is 18.9 Å². The maximum Gasteiger partial charge on any atom is 0.338 e. The molecule has 1 aliphatic rings. The minimum atomic E-state index is -0.818. The van der Waals surface area contributed by atoms with Crippen LogP contribution >= 0.6 is 11.3 Å². The number of carbonyl (C=O) groups is 1. The van der Waals surface area contributed by atoms with E-state index in [1.165, 1.54) is 35.1 Å². The number of allylic oxidation sites excluding steroid dienone is 1. The van der Waals surface area contributed by atoms with Gasteiger partial charge in [0.25, 0.3) is 5.56 Å². The maximum absolute atomic E-state index is 14.2. The zero-order valence-electron chi connectivity index (χ0n) is 25.1. The smallest absolute Gasteiger partial charge is 0.338 e. The highest BCUT2D eigenvalue weighted by atomic mass is 32.1. The predicted molar refractivity (Wildman–Crippen MR) is 166 cm³/mol. The average Bonchev–Trinajstić information content (AvgIpc) is 3.30. The second kappa shape index (κ2) is 13.3. The maximum atomic E-state index is 14.2. The van der Waals surface area contributed by atoms with Crippen LogP contribution < -0.4 is 29.1 Å². The molecule has 1 atom stereocenters. The minimum absolute atomic E-state index is 0.135. The normalized spacial score (nSPS) is 14.7. The van der Waals surface area contributed by atoms with Gasteiger partial charge in [0.2, 0.25) is 0 Å². The van der Waals surface area contributed by atoms with E-state index in [0.29, 0.717) is 43.4 Å². The van der Waals surface area contributed by atoms with Crippen molar-refractivity contribution in [3.63, 3.8) is 0 Å². The fourth-order valence-electron chi connectivity index (χ4n) is 4.99. The van der Waals surface area contributed by atoms with E-state index in [1.54, 1.807) is 44.2 Å². The van der Waals surface area contributed by atoms with Gasteiger partial charge in [-0.15, -0.1) is 0 Å². The van der Waals surface area contributed by atoms with E-state index in [1.807, 2.05) is 44.2 Å². The van der Waals surface area contributed by atoms with Crippen LogP contribution in [0.1, 0.15) is 50.4 Å². The lowest BCUT2D eigenvalue weighted by Crippen LogP contribution is -2.40. The minimum Gasteiger partial charge on any atom is -0.493 e. The van der Waals surface area contributed by atoms with E-state index in [9.17, 15) is 14.0 Å². The molecule has 8 nitrogen and oxygen atoms in total. The summed E-state index contributed by atoms with van der Waals surface area (Å²) in [5.41, 5.74) is 2.43.